The molecule has 2 aromatic rings. The Morgan fingerprint density at radius 2 is 2.00 bits per heavy atom. The minimum atomic E-state index is -0.252. The molecule has 4 heteroatoms. The second-order valence-corrected chi connectivity index (χ2v) is 4.01. The van der Waals surface area contributed by atoms with Gasteiger partial charge < -0.3 is 14.8 Å². The molecule has 1 N–H and O–H groups in total. The van der Waals surface area contributed by atoms with Crippen LogP contribution in [-0.2, 0) is 6.54 Å². The van der Waals surface area contributed by atoms with Crippen molar-refractivity contribution in [2.24, 2.45) is 0 Å². The molecule has 1 heterocycles. The van der Waals surface area contributed by atoms with Crippen LogP contribution in [0.3, 0.4) is 0 Å². The van der Waals surface area contributed by atoms with Crippen molar-refractivity contribution >= 4 is 5.69 Å². The molecular formula is C14H12FNO2. The maximum atomic E-state index is 13.0. The average molecular weight is 245 g/mol. The summed E-state index contributed by atoms with van der Waals surface area (Å²) in [5.41, 5.74) is 1.74. The van der Waals surface area contributed by atoms with E-state index in [1.165, 1.54) is 12.1 Å². The van der Waals surface area contributed by atoms with Crippen molar-refractivity contribution in [1.82, 2.24) is 0 Å². The normalized spacial score (nSPS) is 12.5. The van der Waals surface area contributed by atoms with Crippen LogP contribution in [0.2, 0.25) is 0 Å². The fraction of sp³-hybridized carbons (Fsp3) is 0.143. The van der Waals surface area contributed by atoms with Crippen LogP contribution in [0.5, 0.6) is 11.5 Å². The quantitative estimate of drug-likeness (QED) is 0.901. The van der Waals surface area contributed by atoms with E-state index in [0.29, 0.717) is 6.54 Å². The third-order valence-corrected chi connectivity index (χ3v) is 2.79. The monoisotopic (exact) mass is 245 g/mol. The van der Waals surface area contributed by atoms with E-state index in [2.05, 4.69) is 5.32 Å². The molecule has 2 aromatic carbocycles. The number of nitrogens with one attached hydrogen (secondary N) is 1. The SMILES string of the molecule is Fc1cccc(NCc2cccc3c2OCO3)c1. The average Bonchev–Trinajstić information content (AvgIpc) is 2.85. The molecule has 0 bridgehead atoms. The van der Waals surface area contributed by atoms with Gasteiger partial charge in [0, 0.05) is 17.8 Å². The summed E-state index contributed by atoms with van der Waals surface area (Å²) in [7, 11) is 0. The number of anilines is 1. The third kappa shape index (κ3) is 2.09. The number of rotatable bonds is 3. The second kappa shape index (κ2) is 4.56. The minimum Gasteiger partial charge on any atom is -0.454 e. The molecular weight excluding hydrogens is 233 g/mol. The molecule has 0 amide bonds. The van der Waals surface area contributed by atoms with E-state index in [-0.39, 0.29) is 12.6 Å². The standard InChI is InChI=1S/C14H12FNO2/c15-11-4-2-5-12(7-11)16-8-10-3-1-6-13-14(10)18-9-17-13/h1-7,16H,8-9H2. The first kappa shape index (κ1) is 10.9. The summed E-state index contributed by atoms with van der Waals surface area (Å²) in [6.45, 7) is 0.822. The van der Waals surface area contributed by atoms with Crippen LogP contribution in [0.25, 0.3) is 0 Å². The van der Waals surface area contributed by atoms with E-state index in [4.69, 9.17) is 9.47 Å². The number of halogens is 1. The van der Waals surface area contributed by atoms with Crippen molar-refractivity contribution in [3.8, 4) is 11.5 Å². The molecule has 0 aliphatic carbocycles. The Labute approximate surface area is 104 Å². The van der Waals surface area contributed by atoms with Crippen LogP contribution in [0.1, 0.15) is 5.56 Å². The predicted octanol–water partition coefficient (Wildman–Crippen LogP) is 3.17. The van der Waals surface area contributed by atoms with Gasteiger partial charge in [0.15, 0.2) is 11.5 Å². The van der Waals surface area contributed by atoms with E-state index in [9.17, 15) is 4.39 Å². The highest BCUT2D eigenvalue weighted by atomic mass is 19.1. The van der Waals surface area contributed by atoms with Crippen LogP contribution >= 0.6 is 0 Å². The third-order valence-electron chi connectivity index (χ3n) is 2.79. The summed E-state index contributed by atoms with van der Waals surface area (Å²) in [5, 5.41) is 3.16. The van der Waals surface area contributed by atoms with E-state index in [0.717, 1.165) is 22.7 Å². The molecule has 0 atom stereocenters. The van der Waals surface area contributed by atoms with Gasteiger partial charge >= 0.3 is 0 Å². The predicted molar refractivity (Wildman–Crippen MR) is 66.3 cm³/mol. The van der Waals surface area contributed by atoms with Crippen LogP contribution in [0, 0.1) is 5.82 Å². The van der Waals surface area contributed by atoms with Gasteiger partial charge in [0.2, 0.25) is 6.79 Å². The lowest BCUT2D eigenvalue weighted by Gasteiger charge is -2.08. The summed E-state index contributed by atoms with van der Waals surface area (Å²) in [4.78, 5) is 0. The van der Waals surface area contributed by atoms with Gasteiger partial charge in [-0.15, -0.1) is 0 Å². The molecule has 92 valence electrons. The lowest BCUT2D eigenvalue weighted by Crippen LogP contribution is -2.01. The molecule has 0 fully saturated rings. The van der Waals surface area contributed by atoms with Gasteiger partial charge in [0.25, 0.3) is 0 Å². The first-order chi connectivity index (χ1) is 8.83. The van der Waals surface area contributed by atoms with E-state index in [1.54, 1.807) is 6.07 Å². The van der Waals surface area contributed by atoms with Crippen LogP contribution in [0.15, 0.2) is 42.5 Å². The van der Waals surface area contributed by atoms with Crippen LogP contribution in [0.4, 0.5) is 10.1 Å². The zero-order chi connectivity index (χ0) is 12.4. The van der Waals surface area contributed by atoms with Gasteiger partial charge in [-0.2, -0.15) is 0 Å². The Morgan fingerprint density at radius 3 is 2.89 bits per heavy atom. The molecule has 1 aliphatic rings. The summed E-state index contributed by atoms with van der Waals surface area (Å²) < 4.78 is 23.7. The van der Waals surface area contributed by atoms with Crippen LogP contribution in [-0.4, -0.2) is 6.79 Å². The van der Waals surface area contributed by atoms with E-state index < -0.39 is 0 Å². The van der Waals surface area contributed by atoms with Crippen molar-refractivity contribution in [2.75, 3.05) is 12.1 Å². The van der Waals surface area contributed by atoms with Gasteiger partial charge in [0.05, 0.1) is 0 Å². The number of ether oxygens (including phenoxy) is 2. The Morgan fingerprint density at radius 1 is 1.11 bits per heavy atom. The minimum absolute atomic E-state index is 0.252. The van der Waals surface area contributed by atoms with E-state index >= 15 is 0 Å². The Balaban J connectivity index is 1.76. The molecule has 0 aromatic heterocycles. The lowest BCUT2D eigenvalue weighted by molar-refractivity contribution is 0.173. The smallest absolute Gasteiger partial charge is 0.231 e. The number of fused-ring (bicyclic) bond motifs is 1. The van der Waals surface area contributed by atoms with Gasteiger partial charge in [0.1, 0.15) is 5.82 Å². The topological polar surface area (TPSA) is 30.5 Å². The summed E-state index contributed by atoms with van der Waals surface area (Å²) >= 11 is 0. The van der Waals surface area contributed by atoms with Gasteiger partial charge in [-0.05, 0) is 24.3 Å². The summed E-state index contributed by atoms with van der Waals surface area (Å²) in [6.07, 6.45) is 0. The number of hydrogen-bond acceptors (Lipinski definition) is 3. The van der Waals surface area contributed by atoms with Gasteiger partial charge in [-0.25, -0.2) is 4.39 Å². The summed E-state index contributed by atoms with van der Waals surface area (Å²) in [6, 6.07) is 12.1. The molecule has 0 unspecified atom stereocenters. The highest BCUT2D eigenvalue weighted by Gasteiger charge is 2.16. The number of benzene rings is 2. The zero-order valence-electron chi connectivity index (χ0n) is 9.65. The molecule has 18 heavy (non-hydrogen) atoms. The fourth-order valence-electron chi connectivity index (χ4n) is 1.93. The van der Waals surface area contributed by atoms with Gasteiger partial charge in [-0.3, -0.25) is 0 Å². The second-order valence-electron chi connectivity index (χ2n) is 4.01. The van der Waals surface area contributed by atoms with Crippen molar-refractivity contribution in [2.45, 2.75) is 6.54 Å². The molecule has 3 rings (SSSR count). The molecule has 0 spiro atoms. The highest BCUT2D eigenvalue weighted by molar-refractivity contribution is 5.51. The Hall–Kier alpha value is -2.23. The molecule has 3 nitrogen and oxygen atoms in total. The maximum absolute atomic E-state index is 13.0. The van der Waals surface area contributed by atoms with Crippen molar-refractivity contribution in [3.05, 3.63) is 53.8 Å². The first-order valence-corrected chi connectivity index (χ1v) is 5.70. The Bertz CT molecular complexity index is 571. The number of para-hydroxylation sites is 1. The summed E-state index contributed by atoms with van der Waals surface area (Å²) in [5.74, 6) is 1.27. The lowest BCUT2D eigenvalue weighted by atomic mass is 10.2. The Kier molecular flexibility index (Phi) is 2.76. The number of hydrogen-bond donors (Lipinski definition) is 1. The molecule has 0 saturated carbocycles. The first-order valence-electron chi connectivity index (χ1n) is 5.70. The van der Waals surface area contributed by atoms with E-state index in [1.807, 2.05) is 24.3 Å². The fourth-order valence-corrected chi connectivity index (χ4v) is 1.93. The highest BCUT2D eigenvalue weighted by Crippen LogP contribution is 2.35. The molecule has 1 aliphatic heterocycles. The largest absolute Gasteiger partial charge is 0.454 e. The van der Waals surface area contributed by atoms with Gasteiger partial charge in [-0.1, -0.05) is 18.2 Å². The van der Waals surface area contributed by atoms with Crippen LogP contribution < -0.4 is 14.8 Å². The van der Waals surface area contributed by atoms with Crippen molar-refractivity contribution in [3.63, 3.8) is 0 Å². The van der Waals surface area contributed by atoms with Crippen molar-refractivity contribution in [1.29, 1.82) is 0 Å². The zero-order valence-corrected chi connectivity index (χ0v) is 9.65. The molecule has 0 radical (unpaired) electrons. The van der Waals surface area contributed by atoms with Crippen molar-refractivity contribution < 1.29 is 13.9 Å². The molecule has 0 saturated heterocycles. The maximum Gasteiger partial charge on any atom is 0.231 e.